The fourth-order valence-corrected chi connectivity index (χ4v) is 1.81. The second-order valence-electron chi connectivity index (χ2n) is 3.93. The Morgan fingerprint density at radius 1 is 1.56 bits per heavy atom. The van der Waals surface area contributed by atoms with E-state index in [2.05, 4.69) is 21.2 Å². The fourth-order valence-electron chi connectivity index (χ4n) is 1.37. The van der Waals surface area contributed by atoms with Gasteiger partial charge in [0.15, 0.2) is 5.78 Å². The van der Waals surface area contributed by atoms with Crippen LogP contribution in [0.15, 0.2) is 16.6 Å². The molecule has 1 aliphatic carbocycles. The van der Waals surface area contributed by atoms with Crippen LogP contribution in [0.25, 0.3) is 0 Å². The molecule has 0 amide bonds. The van der Waals surface area contributed by atoms with Crippen LogP contribution >= 0.6 is 15.9 Å². The monoisotopic (exact) mass is 286 g/mol. The number of anilines is 1. The lowest BCUT2D eigenvalue weighted by atomic mass is 10.1. The molecule has 0 aliphatic heterocycles. The average molecular weight is 287 g/mol. The highest BCUT2D eigenvalue weighted by Crippen LogP contribution is 2.24. The van der Waals surface area contributed by atoms with Gasteiger partial charge in [-0.1, -0.05) is 0 Å². The minimum atomic E-state index is -0.566. The molecule has 1 saturated carbocycles. The first-order valence-electron chi connectivity index (χ1n) is 5.09. The largest absolute Gasteiger partial charge is 0.395 e. The molecule has 1 aromatic carbocycles. The highest BCUT2D eigenvalue weighted by atomic mass is 79.9. The van der Waals surface area contributed by atoms with Crippen molar-refractivity contribution in [3.05, 3.63) is 28.0 Å². The van der Waals surface area contributed by atoms with Gasteiger partial charge >= 0.3 is 0 Å². The number of carbonyl (C=O) groups is 1. The first-order valence-corrected chi connectivity index (χ1v) is 5.88. The van der Waals surface area contributed by atoms with Crippen molar-refractivity contribution in [3.63, 3.8) is 0 Å². The number of Topliss-reactive ketones (excluding diaryl/α,β-unsaturated/α-hetero) is 1. The molecule has 0 aromatic heterocycles. The molecule has 0 bridgehead atoms. The third-order valence-corrected chi connectivity index (χ3v) is 3.19. The van der Waals surface area contributed by atoms with Gasteiger partial charge in [-0.2, -0.15) is 0 Å². The Balaban J connectivity index is 2.09. The summed E-state index contributed by atoms with van der Waals surface area (Å²) in [5.74, 6) is -0.685. The number of nitrogen functional groups attached to an aromatic ring is 1. The van der Waals surface area contributed by atoms with Crippen LogP contribution in [0.4, 0.5) is 10.1 Å². The maximum atomic E-state index is 13.3. The Kier molecular flexibility index (Phi) is 3.25. The van der Waals surface area contributed by atoms with E-state index >= 15 is 0 Å². The van der Waals surface area contributed by atoms with Crippen LogP contribution in [0, 0.1) is 5.82 Å². The van der Waals surface area contributed by atoms with Crippen LogP contribution in [-0.4, -0.2) is 18.4 Å². The summed E-state index contributed by atoms with van der Waals surface area (Å²) < 4.78 is 13.7. The van der Waals surface area contributed by atoms with Crippen molar-refractivity contribution in [2.45, 2.75) is 18.9 Å². The summed E-state index contributed by atoms with van der Waals surface area (Å²) >= 11 is 3.12. The molecule has 3 N–H and O–H groups in total. The van der Waals surface area contributed by atoms with E-state index in [1.54, 1.807) is 6.07 Å². The third-order valence-electron chi connectivity index (χ3n) is 2.53. The van der Waals surface area contributed by atoms with E-state index in [1.807, 2.05) is 0 Å². The zero-order valence-electron chi connectivity index (χ0n) is 8.59. The molecular formula is C11H12BrFN2O. The molecule has 1 aliphatic rings. The highest BCUT2D eigenvalue weighted by molar-refractivity contribution is 9.10. The van der Waals surface area contributed by atoms with Crippen molar-refractivity contribution in [2.24, 2.45) is 0 Å². The second kappa shape index (κ2) is 4.51. The highest BCUT2D eigenvalue weighted by Gasteiger charge is 2.21. The summed E-state index contributed by atoms with van der Waals surface area (Å²) in [4.78, 5) is 11.7. The first-order chi connectivity index (χ1) is 7.58. The predicted molar refractivity (Wildman–Crippen MR) is 63.9 cm³/mol. The zero-order chi connectivity index (χ0) is 11.7. The Hall–Kier alpha value is -0.940. The van der Waals surface area contributed by atoms with E-state index in [0.717, 1.165) is 12.8 Å². The molecule has 1 aromatic rings. The van der Waals surface area contributed by atoms with Crippen LogP contribution in [0.5, 0.6) is 0 Å². The van der Waals surface area contributed by atoms with Crippen LogP contribution < -0.4 is 11.1 Å². The lowest BCUT2D eigenvalue weighted by Crippen LogP contribution is -2.25. The zero-order valence-corrected chi connectivity index (χ0v) is 10.2. The average Bonchev–Trinajstić information content (AvgIpc) is 3.05. The number of benzene rings is 1. The summed E-state index contributed by atoms with van der Waals surface area (Å²) in [6.07, 6.45) is 2.24. The molecule has 5 heteroatoms. The Morgan fingerprint density at radius 3 is 2.81 bits per heavy atom. The van der Waals surface area contributed by atoms with Crippen LogP contribution in [0.1, 0.15) is 23.2 Å². The van der Waals surface area contributed by atoms with Crippen LogP contribution in [-0.2, 0) is 0 Å². The second-order valence-corrected chi connectivity index (χ2v) is 4.79. The third kappa shape index (κ3) is 2.59. The minimum absolute atomic E-state index is 0.0340. The standard InChI is InChI=1S/C11H12BrFN2O/c12-8-3-6(4-9(13)11(8)14)10(16)5-15-7-1-2-7/h3-4,7,15H,1-2,5,14H2. The van der Waals surface area contributed by atoms with E-state index in [-0.39, 0.29) is 18.0 Å². The molecule has 0 radical (unpaired) electrons. The number of carbonyl (C=O) groups excluding carboxylic acids is 1. The lowest BCUT2D eigenvalue weighted by Gasteiger charge is -2.05. The molecule has 86 valence electrons. The number of hydrogen-bond acceptors (Lipinski definition) is 3. The van der Waals surface area contributed by atoms with E-state index in [4.69, 9.17) is 5.73 Å². The van der Waals surface area contributed by atoms with Gasteiger partial charge in [-0.25, -0.2) is 4.39 Å². The SMILES string of the molecule is Nc1c(F)cc(C(=O)CNC2CC2)cc1Br. The molecule has 1 fully saturated rings. The van der Waals surface area contributed by atoms with Gasteiger partial charge in [0.05, 0.1) is 12.2 Å². The van der Waals surface area contributed by atoms with Crippen LogP contribution in [0.2, 0.25) is 0 Å². The summed E-state index contributed by atoms with van der Waals surface area (Å²) in [5, 5.41) is 3.09. The Bertz CT molecular complexity index is 409. The number of rotatable bonds is 4. The van der Waals surface area contributed by atoms with Crippen molar-refractivity contribution in [3.8, 4) is 0 Å². The van der Waals surface area contributed by atoms with Gasteiger partial charge in [-0.15, -0.1) is 0 Å². The van der Waals surface area contributed by atoms with E-state index < -0.39 is 5.82 Å². The maximum Gasteiger partial charge on any atom is 0.176 e. The van der Waals surface area contributed by atoms with Gasteiger partial charge < -0.3 is 11.1 Å². The van der Waals surface area contributed by atoms with E-state index in [1.165, 1.54) is 6.07 Å². The molecule has 0 atom stereocenters. The van der Waals surface area contributed by atoms with E-state index in [9.17, 15) is 9.18 Å². The number of ketones is 1. The topological polar surface area (TPSA) is 55.1 Å². The molecule has 3 nitrogen and oxygen atoms in total. The molecule has 0 spiro atoms. The van der Waals surface area contributed by atoms with Crippen molar-refractivity contribution < 1.29 is 9.18 Å². The van der Waals surface area contributed by atoms with Crippen molar-refractivity contribution in [2.75, 3.05) is 12.3 Å². The first kappa shape index (κ1) is 11.5. The number of hydrogen-bond donors (Lipinski definition) is 2. The quantitative estimate of drug-likeness (QED) is 0.658. The number of nitrogens with two attached hydrogens (primary N) is 1. The minimum Gasteiger partial charge on any atom is -0.395 e. The van der Waals surface area contributed by atoms with Crippen molar-refractivity contribution >= 4 is 27.4 Å². The predicted octanol–water partition coefficient (Wildman–Crippen LogP) is 2.11. The molecular weight excluding hydrogens is 275 g/mol. The normalized spacial score (nSPS) is 15.1. The lowest BCUT2D eigenvalue weighted by molar-refractivity contribution is 0.0990. The van der Waals surface area contributed by atoms with Gasteiger partial charge in [0.1, 0.15) is 5.82 Å². The summed E-state index contributed by atoms with van der Waals surface area (Å²) in [6.45, 7) is 0.250. The van der Waals surface area contributed by atoms with Crippen molar-refractivity contribution in [1.82, 2.24) is 5.32 Å². The Labute approximate surface area is 101 Å². The van der Waals surface area contributed by atoms with Gasteiger partial charge in [-0.05, 0) is 40.9 Å². The maximum absolute atomic E-state index is 13.3. The van der Waals surface area contributed by atoms with E-state index in [0.29, 0.717) is 16.1 Å². The molecule has 0 heterocycles. The molecule has 16 heavy (non-hydrogen) atoms. The van der Waals surface area contributed by atoms with Gasteiger partial charge in [0, 0.05) is 16.1 Å². The van der Waals surface area contributed by atoms with Crippen LogP contribution in [0.3, 0.4) is 0 Å². The molecule has 0 saturated heterocycles. The molecule has 0 unspecified atom stereocenters. The fraction of sp³-hybridized carbons (Fsp3) is 0.364. The smallest absolute Gasteiger partial charge is 0.176 e. The summed E-state index contributed by atoms with van der Waals surface area (Å²) in [5.41, 5.74) is 5.81. The summed E-state index contributed by atoms with van der Waals surface area (Å²) in [6, 6.07) is 3.19. The number of nitrogens with one attached hydrogen (secondary N) is 1. The molecule has 2 rings (SSSR count). The van der Waals surface area contributed by atoms with Gasteiger partial charge in [0.2, 0.25) is 0 Å². The Morgan fingerprint density at radius 2 is 2.25 bits per heavy atom. The summed E-state index contributed by atoms with van der Waals surface area (Å²) in [7, 11) is 0. The van der Waals surface area contributed by atoms with Gasteiger partial charge in [-0.3, -0.25) is 4.79 Å². The van der Waals surface area contributed by atoms with Gasteiger partial charge in [0.25, 0.3) is 0 Å². The van der Waals surface area contributed by atoms with Crippen molar-refractivity contribution in [1.29, 1.82) is 0 Å². The number of halogens is 2.